The van der Waals surface area contributed by atoms with E-state index in [2.05, 4.69) is 19.5 Å². The minimum Gasteiger partial charge on any atom is -0.305 e. The lowest BCUT2D eigenvalue weighted by atomic mass is 10.3. The molecule has 1 atom stereocenters. The van der Waals surface area contributed by atoms with Gasteiger partial charge in [-0.3, -0.25) is 0 Å². The number of aromatic nitrogens is 4. The van der Waals surface area contributed by atoms with Gasteiger partial charge >= 0.3 is 0 Å². The summed E-state index contributed by atoms with van der Waals surface area (Å²) in [6, 6.07) is 3.95. The molecule has 0 aliphatic carbocycles. The first-order valence-electron chi connectivity index (χ1n) is 6.00. The third-order valence-electron chi connectivity index (χ3n) is 2.92. The Balaban J connectivity index is 2.18. The van der Waals surface area contributed by atoms with Crippen molar-refractivity contribution in [3.05, 3.63) is 40.2 Å². The second-order valence-corrected chi connectivity index (χ2v) is 5.82. The first-order valence-corrected chi connectivity index (χ1v) is 7.38. The van der Waals surface area contributed by atoms with Crippen molar-refractivity contribution in [2.45, 2.75) is 25.8 Å². The Labute approximate surface area is 120 Å². The average Bonchev–Trinajstić information content (AvgIpc) is 2.98. The van der Waals surface area contributed by atoms with Gasteiger partial charge in [0.25, 0.3) is 0 Å². The van der Waals surface area contributed by atoms with Crippen LogP contribution in [0.15, 0.2) is 23.0 Å². The lowest BCUT2D eigenvalue weighted by Crippen LogP contribution is -2.07. The van der Waals surface area contributed by atoms with Crippen molar-refractivity contribution < 1.29 is 0 Å². The maximum atomic E-state index is 6.23. The summed E-state index contributed by atoms with van der Waals surface area (Å²) in [5, 5.41) is 1.87. The van der Waals surface area contributed by atoms with Crippen LogP contribution in [0.1, 0.15) is 29.5 Å². The van der Waals surface area contributed by atoms with Crippen LogP contribution in [0.5, 0.6) is 0 Å². The summed E-state index contributed by atoms with van der Waals surface area (Å²) in [6.07, 6.45) is 0. The molecule has 0 radical (unpaired) electrons. The summed E-state index contributed by atoms with van der Waals surface area (Å²) in [4.78, 5) is 13.5. The Morgan fingerprint density at radius 2 is 2.21 bits per heavy atom. The number of thiazole rings is 1. The summed E-state index contributed by atoms with van der Waals surface area (Å²) < 4.78 is 2.05. The second-order valence-electron chi connectivity index (χ2n) is 4.45. The molecule has 0 amide bonds. The molecule has 4 nitrogen and oxygen atoms in total. The predicted octanol–water partition coefficient (Wildman–Crippen LogP) is 3.54. The fourth-order valence-electron chi connectivity index (χ4n) is 2.05. The molecule has 3 aromatic heterocycles. The molecular weight excluding hydrogens is 280 g/mol. The summed E-state index contributed by atoms with van der Waals surface area (Å²) in [6.45, 7) is 4.55. The van der Waals surface area contributed by atoms with E-state index in [0.717, 1.165) is 28.4 Å². The van der Waals surface area contributed by atoms with E-state index in [-0.39, 0.29) is 5.38 Å². The van der Waals surface area contributed by atoms with Gasteiger partial charge in [-0.1, -0.05) is 0 Å². The van der Waals surface area contributed by atoms with Crippen molar-refractivity contribution in [2.75, 3.05) is 0 Å². The number of rotatable bonds is 3. The van der Waals surface area contributed by atoms with Crippen molar-refractivity contribution in [3.8, 4) is 0 Å². The highest BCUT2D eigenvalue weighted by Gasteiger charge is 2.16. The highest BCUT2D eigenvalue weighted by Crippen LogP contribution is 2.24. The fraction of sp³-hybridized carbons (Fsp3) is 0.308. The molecule has 0 aromatic carbocycles. The number of nitrogens with zero attached hydrogens (tertiary/aromatic N) is 4. The molecule has 0 aliphatic rings. The molecule has 0 fully saturated rings. The Kier molecular flexibility index (Phi) is 3.24. The standard InChI is InChI=1S/C13H13ClN4S/c1-8-3-4-11-13(16-8)18(12(17-11)9(2)14)5-10-6-19-7-15-10/h3-4,6-7,9H,5H2,1-2H3. The molecule has 0 aliphatic heterocycles. The third kappa shape index (κ3) is 2.35. The van der Waals surface area contributed by atoms with E-state index in [9.17, 15) is 0 Å². The van der Waals surface area contributed by atoms with Crippen LogP contribution in [0.4, 0.5) is 0 Å². The van der Waals surface area contributed by atoms with Crippen LogP contribution in [0.2, 0.25) is 0 Å². The second kappa shape index (κ2) is 4.90. The molecule has 0 N–H and O–H groups in total. The maximum absolute atomic E-state index is 6.23. The molecule has 6 heteroatoms. The number of halogens is 1. The van der Waals surface area contributed by atoms with E-state index in [1.165, 1.54) is 0 Å². The monoisotopic (exact) mass is 292 g/mol. The van der Waals surface area contributed by atoms with Crippen molar-refractivity contribution in [2.24, 2.45) is 0 Å². The van der Waals surface area contributed by atoms with Gasteiger partial charge in [0, 0.05) is 11.1 Å². The predicted molar refractivity (Wildman–Crippen MR) is 77.7 cm³/mol. The largest absolute Gasteiger partial charge is 0.305 e. The number of alkyl halides is 1. The van der Waals surface area contributed by atoms with Gasteiger partial charge in [0.2, 0.25) is 0 Å². The van der Waals surface area contributed by atoms with E-state index < -0.39 is 0 Å². The van der Waals surface area contributed by atoms with Crippen molar-refractivity contribution in [1.82, 2.24) is 19.5 Å². The molecule has 0 saturated carbocycles. The zero-order valence-corrected chi connectivity index (χ0v) is 12.2. The van der Waals surface area contributed by atoms with Crippen LogP contribution in [0, 0.1) is 6.92 Å². The molecular formula is C13H13ClN4S. The number of imidazole rings is 1. The highest BCUT2D eigenvalue weighted by molar-refractivity contribution is 7.07. The Bertz CT molecular complexity index is 703. The first kappa shape index (κ1) is 12.6. The quantitative estimate of drug-likeness (QED) is 0.694. The lowest BCUT2D eigenvalue weighted by molar-refractivity contribution is 0.724. The van der Waals surface area contributed by atoms with Crippen LogP contribution < -0.4 is 0 Å². The number of pyridine rings is 1. The number of aryl methyl sites for hydroxylation is 1. The van der Waals surface area contributed by atoms with Gasteiger partial charge in [-0.25, -0.2) is 15.0 Å². The third-order valence-corrected chi connectivity index (χ3v) is 3.75. The SMILES string of the molecule is Cc1ccc2nc(C(C)Cl)n(Cc3cscn3)c2n1. The summed E-state index contributed by atoms with van der Waals surface area (Å²) in [5.41, 5.74) is 5.56. The van der Waals surface area contributed by atoms with Gasteiger partial charge in [-0.05, 0) is 26.0 Å². The molecule has 3 heterocycles. The van der Waals surface area contributed by atoms with E-state index in [0.29, 0.717) is 6.54 Å². The minimum atomic E-state index is -0.159. The smallest absolute Gasteiger partial charge is 0.160 e. The molecule has 98 valence electrons. The van der Waals surface area contributed by atoms with E-state index in [1.807, 2.05) is 36.9 Å². The number of fused-ring (bicyclic) bond motifs is 1. The summed E-state index contributed by atoms with van der Waals surface area (Å²) >= 11 is 7.82. The van der Waals surface area contributed by atoms with Gasteiger partial charge in [0.05, 0.1) is 23.1 Å². The van der Waals surface area contributed by atoms with Crippen LogP contribution in [-0.2, 0) is 6.54 Å². The summed E-state index contributed by atoms with van der Waals surface area (Å²) in [5.74, 6) is 0.836. The van der Waals surface area contributed by atoms with Crippen LogP contribution >= 0.6 is 22.9 Å². The Morgan fingerprint density at radius 3 is 2.89 bits per heavy atom. The average molecular weight is 293 g/mol. The zero-order valence-electron chi connectivity index (χ0n) is 10.7. The molecule has 19 heavy (non-hydrogen) atoms. The Hall–Kier alpha value is -1.46. The van der Waals surface area contributed by atoms with Gasteiger partial charge in [0.15, 0.2) is 5.65 Å². The molecule has 3 aromatic rings. The van der Waals surface area contributed by atoms with Crippen LogP contribution in [0.25, 0.3) is 11.2 Å². The molecule has 3 rings (SSSR count). The molecule has 0 bridgehead atoms. The van der Waals surface area contributed by atoms with E-state index >= 15 is 0 Å². The number of hydrogen-bond donors (Lipinski definition) is 0. The fourth-order valence-corrected chi connectivity index (χ4v) is 2.77. The molecule has 1 unspecified atom stereocenters. The summed E-state index contributed by atoms with van der Waals surface area (Å²) in [7, 11) is 0. The van der Waals surface area contributed by atoms with Crippen molar-refractivity contribution in [3.63, 3.8) is 0 Å². The van der Waals surface area contributed by atoms with Gasteiger partial charge in [0.1, 0.15) is 11.3 Å². The zero-order chi connectivity index (χ0) is 13.4. The van der Waals surface area contributed by atoms with Crippen LogP contribution in [-0.4, -0.2) is 19.5 Å². The number of hydrogen-bond acceptors (Lipinski definition) is 4. The minimum absolute atomic E-state index is 0.159. The molecule has 0 spiro atoms. The van der Waals surface area contributed by atoms with Crippen molar-refractivity contribution >= 4 is 34.1 Å². The van der Waals surface area contributed by atoms with Crippen LogP contribution in [0.3, 0.4) is 0 Å². The normalized spacial score (nSPS) is 13.0. The topological polar surface area (TPSA) is 43.6 Å². The lowest BCUT2D eigenvalue weighted by Gasteiger charge is -2.08. The van der Waals surface area contributed by atoms with E-state index in [4.69, 9.17) is 11.6 Å². The van der Waals surface area contributed by atoms with E-state index in [1.54, 1.807) is 11.3 Å². The van der Waals surface area contributed by atoms with Gasteiger partial charge in [-0.2, -0.15) is 0 Å². The highest BCUT2D eigenvalue weighted by atomic mass is 35.5. The first-order chi connectivity index (χ1) is 9.15. The maximum Gasteiger partial charge on any atom is 0.160 e. The van der Waals surface area contributed by atoms with Crippen molar-refractivity contribution in [1.29, 1.82) is 0 Å². The molecule has 0 saturated heterocycles. The van der Waals surface area contributed by atoms with Gasteiger partial charge in [-0.15, -0.1) is 22.9 Å². The Morgan fingerprint density at radius 1 is 1.37 bits per heavy atom. The van der Waals surface area contributed by atoms with Gasteiger partial charge < -0.3 is 4.57 Å².